The maximum Gasteiger partial charge on any atom is 0.0456 e. The minimum Gasteiger partial charge on any atom is -0.396 e. The summed E-state index contributed by atoms with van der Waals surface area (Å²) >= 11 is 0. The zero-order valence-corrected chi connectivity index (χ0v) is 8.92. The second-order valence-electron chi connectivity index (χ2n) is 4.51. The molecular weight excluding hydrogens is 162 g/mol. The van der Waals surface area contributed by atoms with Gasteiger partial charge in [-0.3, -0.25) is 0 Å². The van der Waals surface area contributed by atoms with Gasteiger partial charge in [-0.05, 0) is 51.0 Å². The summed E-state index contributed by atoms with van der Waals surface area (Å²) < 4.78 is 0. The summed E-state index contributed by atoms with van der Waals surface area (Å²) in [4.78, 5) is 0. The van der Waals surface area contributed by atoms with Gasteiger partial charge in [-0.25, -0.2) is 0 Å². The Hall–Kier alpha value is -0.0800. The molecule has 2 atom stereocenters. The highest BCUT2D eigenvalue weighted by molar-refractivity contribution is 4.82. The van der Waals surface area contributed by atoms with Gasteiger partial charge >= 0.3 is 0 Å². The van der Waals surface area contributed by atoms with Crippen LogP contribution in [0.5, 0.6) is 0 Å². The number of aliphatic hydroxyl groups excluding tert-OH is 1. The third-order valence-electron chi connectivity index (χ3n) is 2.98. The lowest BCUT2D eigenvalue weighted by atomic mass is 10.1. The Kier molecular flexibility index (Phi) is 4.74. The van der Waals surface area contributed by atoms with Crippen molar-refractivity contribution in [3.05, 3.63) is 0 Å². The number of hydrogen-bond donors (Lipinski definition) is 2. The van der Waals surface area contributed by atoms with Crippen LogP contribution in [-0.4, -0.2) is 24.3 Å². The topological polar surface area (TPSA) is 32.3 Å². The van der Waals surface area contributed by atoms with Crippen molar-refractivity contribution in [2.24, 2.45) is 11.8 Å². The minimum absolute atomic E-state index is 0.332. The average molecular weight is 185 g/mol. The summed E-state index contributed by atoms with van der Waals surface area (Å²) in [6.45, 7) is 5.83. The van der Waals surface area contributed by atoms with E-state index in [1.165, 1.54) is 19.3 Å². The lowest BCUT2D eigenvalue weighted by Crippen LogP contribution is -2.29. The van der Waals surface area contributed by atoms with Gasteiger partial charge in [0.25, 0.3) is 0 Å². The summed E-state index contributed by atoms with van der Waals surface area (Å²) in [7, 11) is 0. The summed E-state index contributed by atoms with van der Waals surface area (Å²) in [6.07, 6.45) is 5.17. The van der Waals surface area contributed by atoms with E-state index in [1.54, 1.807) is 0 Å². The molecule has 0 radical (unpaired) electrons. The Morgan fingerprint density at radius 2 is 2.08 bits per heavy atom. The van der Waals surface area contributed by atoms with Crippen molar-refractivity contribution in [2.45, 2.75) is 45.6 Å². The molecule has 0 aliphatic heterocycles. The molecule has 2 nitrogen and oxygen atoms in total. The molecule has 1 saturated carbocycles. The first-order valence-electron chi connectivity index (χ1n) is 5.58. The van der Waals surface area contributed by atoms with Crippen molar-refractivity contribution in [3.8, 4) is 0 Å². The molecule has 13 heavy (non-hydrogen) atoms. The van der Waals surface area contributed by atoms with Crippen LogP contribution < -0.4 is 5.32 Å². The third-order valence-corrected chi connectivity index (χ3v) is 2.98. The fourth-order valence-electron chi connectivity index (χ4n) is 1.63. The maximum absolute atomic E-state index is 8.82. The highest BCUT2D eigenvalue weighted by Crippen LogP contribution is 2.32. The fraction of sp³-hybridized carbons (Fsp3) is 1.00. The van der Waals surface area contributed by atoms with E-state index in [0.29, 0.717) is 18.6 Å². The molecule has 0 aromatic rings. The van der Waals surface area contributed by atoms with Crippen LogP contribution in [0.1, 0.15) is 39.5 Å². The highest BCUT2D eigenvalue weighted by atomic mass is 16.3. The van der Waals surface area contributed by atoms with Crippen LogP contribution in [0.4, 0.5) is 0 Å². The first-order valence-corrected chi connectivity index (χ1v) is 5.58. The molecule has 0 heterocycles. The molecule has 2 unspecified atom stereocenters. The Labute approximate surface area is 81.7 Å². The summed E-state index contributed by atoms with van der Waals surface area (Å²) in [5.41, 5.74) is 0. The van der Waals surface area contributed by atoms with Gasteiger partial charge in [0.2, 0.25) is 0 Å². The van der Waals surface area contributed by atoms with E-state index in [-0.39, 0.29) is 0 Å². The Morgan fingerprint density at radius 1 is 1.38 bits per heavy atom. The predicted octanol–water partition coefficient (Wildman–Crippen LogP) is 1.78. The van der Waals surface area contributed by atoms with Crippen LogP contribution in [0.15, 0.2) is 0 Å². The molecule has 1 aliphatic carbocycles. The number of hydrogen-bond acceptors (Lipinski definition) is 2. The minimum atomic E-state index is 0.332. The van der Waals surface area contributed by atoms with Crippen LogP contribution in [0.3, 0.4) is 0 Å². The number of rotatable bonds is 7. The zero-order valence-electron chi connectivity index (χ0n) is 8.92. The predicted molar refractivity (Wildman–Crippen MR) is 55.7 cm³/mol. The SMILES string of the molecule is CC(CO)CCCNC(C)C1CC1. The molecule has 0 saturated heterocycles. The molecule has 1 aliphatic rings. The molecule has 0 aromatic heterocycles. The van der Waals surface area contributed by atoms with E-state index in [0.717, 1.165) is 18.9 Å². The maximum atomic E-state index is 8.82. The first-order chi connectivity index (χ1) is 6.24. The van der Waals surface area contributed by atoms with E-state index >= 15 is 0 Å². The van der Waals surface area contributed by atoms with Crippen LogP contribution in [0, 0.1) is 11.8 Å². The van der Waals surface area contributed by atoms with Crippen molar-refractivity contribution < 1.29 is 5.11 Å². The Balaban J connectivity index is 1.88. The lowest BCUT2D eigenvalue weighted by Gasteiger charge is -2.13. The monoisotopic (exact) mass is 185 g/mol. The van der Waals surface area contributed by atoms with Gasteiger partial charge in [-0.2, -0.15) is 0 Å². The van der Waals surface area contributed by atoms with Crippen LogP contribution in [0.2, 0.25) is 0 Å². The summed E-state index contributed by atoms with van der Waals surface area (Å²) in [5, 5.41) is 12.4. The zero-order chi connectivity index (χ0) is 9.68. The van der Waals surface area contributed by atoms with Crippen molar-refractivity contribution in [1.82, 2.24) is 5.32 Å². The van der Waals surface area contributed by atoms with Crippen molar-refractivity contribution in [3.63, 3.8) is 0 Å². The highest BCUT2D eigenvalue weighted by Gasteiger charge is 2.26. The summed E-state index contributed by atoms with van der Waals surface area (Å²) in [5.74, 6) is 1.42. The molecule has 2 N–H and O–H groups in total. The Bertz CT molecular complexity index is 134. The first kappa shape index (κ1) is 11.0. The van der Waals surface area contributed by atoms with E-state index < -0.39 is 0 Å². The van der Waals surface area contributed by atoms with Crippen LogP contribution in [-0.2, 0) is 0 Å². The van der Waals surface area contributed by atoms with E-state index in [4.69, 9.17) is 5.11 Å². The van der Waals surface area contributed by atoms with Gasteiger partial charge in [0.1, 0.15) is 0 Å². The standard InChI is InChI=1S/C11H23NO/c1-9(8-13)4-3-7-12-10(2)11-5-6-11/h9-13H,3-8H2,1-2H3. The molecule has 1 fully saturated rings. The van der Waals surface area contributed by atoms with Gasteiger partial charge < -0.3 is 10.4 Å². The number of nitrogens with one attached hydrogen (secondary N) is 1. The second kappa shape index (κ2) is 5.61. The largest absolute Gasteiger partial charge is 0.396 e. The molecule has 0 amide bonds. The lowest BCUT2D eigenvalue weighted by molar-refractivity contribution is 0.227. The normalized spacial score (nSPS) is 21.5. The van der Waals surface area contributed by atoms with Gasteiger partial charge in [0, 0.05) is 12.6 Å². The molecule has 2 heteroatoms. The third kappa shape index (κ3) is 4.63. The summed E-state index contributed by atoms with van der Waals surface area (Å²) in [6, 6.07) is 0.712. The average Bonchev–Trinajstić information content (AvgIpc) is 2.94. The molecular formula is C11H23NO. The van der Waals surface area contributed by atoms with E-state index in [1.807, 2.05) is 0 Å². The van der Waals surface area contributed by atoms with E-state index in [2.05, 4.69) is 19.2 Å². The van der Waals surface area contributed by atoms with Gasteiger partial charge in [-0.1, -0.05) is 6.92 Å². The van der Waals surface area contributed by atoms with Gasteiger partial charge in [-0.15, -0.1) is 0 Å². The van der Waals surface area contributed by atoms with Crippen molar-refractivity contribution in [1.29, 1.82) is 0 Å². The Morgan fingerprint density at radius 3 is 2.62 bits per heavy atom. The van der Waals surface area contributed by atoms with Crippen LogP contribution in [0.25, 0.3) is 0 Å². The molecule has 0 aromatic carbocycles. The quantitative estimate of drug-likeness (QED) is 0.593. The van der Waals surface area contributed by atoms with Crippen molar-refractivity contribution in [2.75, 3.05) is 13.2 Å². The number of aliphatic hydroxyl groups is 1. The van der Waals surface area contributed by atoms with Gasteiger partial charge in [0.05, 0.1) is 0 Å². The van der Waals surface area contributed by atoms with Crippen molar-refractivity contribution >= 4 is 0 Å². The fourth-order valence-corrected chi connectivity index (χ4v) is 1.63. The van der Waals surface area contributed by atoms with Crippen LogP contribution >= 0.6 is 0 Å². The van der Waals surface area contributed by atoms with Gasteiger partial charge in [0.15, 0.2) is 0 Å². The second-order valence-corrected chi connectivity index (χ2v) is 4.51. The smallest absolute Gasteiger partial charge is 0.0456 e. The molecule has 1 rings (SSSR count). The van der Waals surface area contributed by atoms with E-state index in [9.17, 15) is 0 Å². The molecule has 0 bridgehead atoms. The molecule has 0 spiro atoms. The molecule has 78 valence electrons.